The fourth-order valence-electron chi connectivity index (χ4n) is 3.09. The van der Waals surface area contributed by atoms with Gasteiger partial charge in [-0.3, -0.25) is 0 Å². The summed E-state index contributed by atoms with van der Waals surface area (Å²) in [5, 5.41) is 17.5. The molecule has 27 heavy (non-hydrogen) atoms. The number of nitrogens with zero attached hydrogens (tertiary/aromatic N) is 4. The van der Waals surface area contributed by atoms with Gasteiger partial charge in [0, 0.05) is 11.6 Å². The van der Waals surface area contributed by atoms with Crippen molar-refractivity contribution < 1.29 is 8.91 Å². The first-order valence-corrected chi connectivity index (χ1v) is 8.37. The number of rotatable bonds is 3. The molecule has 0 radical (unpaired) electrons. The smallest absolute Gasteiger partial charge is 0.171 e. The Labute approximate surface area is 155 Å². The molecule has 2 heterocycles. The van der Waals surface area contributed by atoms with Crippen LogP contribution in [0.3, 0.4) is 0 Å². The molecule has 2 aromatic heterocycles. The van der Waals surface area contributed by atoms with Crippen molar-refractivity contribution in [2.45, 2.75) is 13.8 Å². The van der Waals surface area contributed by atoms with Gasteiger partial charge >= 0.3 is 0 Å². The van der Waals surface area contributed by atoms with E-state index in [9.17, 15) is 4.39 Å². The number of halogens is 1. The van der Waals surface area contributed by atoms with E-state index in [1.807, 2.05) is 56.3 Å². The predicted octanol–water partition coefficient (Wildman–Crippen LogP) is 4.82. The zero-order valence-electron chi connectivity index (χ0n) is 14.8. The Morgan fingerprint density at radius 3 is 2.48 bits per heavy atom. The molecule has 0 aliphatic carbocycles. The van der Waals surface area contributed by atoms with Gasteiger partial charge in [0.1, 0.15) is 11.5 Å². The fourth-order valence-corrected chi connectivity index (χ4v) is 3.09. The number of aryl methyl sites for hydroxylation is 2. The first-order chi connectivity index (χ1) is 13.1. The van der Waals surface area contributed by atoms with Crippen molar-refractivity contribution in [2.24, 2.45) is 0 Å². The third-order valence-electron chi connectivity index (χ3n) is 4.29. The van der Waals surface area contributed by atoms with Crippen LogP contribution in [0.25, 0.3) is 28.3 Å². The Morgan fingerprint density at radius 1 is 1.07 bits per heavy atom. The van der Waals surface area contributed by atoms with Crippen LogP contribution >= 0.6 is 0 Å². The van der Waals surface area contributed by atoms with Crippen LogP contribution in [-0.2, 0) is 0 Å². The molecule has 0 saturated carbocycles. The van der Waals surface area contributed by atoms with E-state index in [0.717, 1.165) is 16.8 Å². The van der Waals surface area contributed by atoms with E-state index in [4.69, 9.17) is 9.78 Å². The molecule has 0 fully saturated rings. The summed E-state index contributed by atoms with van der Waals surface area (Å²) in [6.07, 6.45) is 0. The van der Waals surface area contributed by atoms with Gasteiger partial charge in [0.05, 0.1) is 34.3 Å². The largest absolute Gasteiger partial charge is 0.356 e. The van der Waals surface area contributed by atoms with E-state index in [1.165, 1.54) is 6.07 Å². The van der Waals surface area contributed by atoms with Crippen molar-refractivity contribution >= 4 is 0 Å². The molecule has 5 nitrogen and oxygen atoms in total. The van der Waals surface area contributed by atoms with Crippen molar-refractivity contribution in [2.75, 3.05) is 0 Å². The summed E-state index contributed by atoms with van der Waals surface area (Å²) >= 11 is 0. The lowest BCUT2D eigenvalue weighted by Crippen LogP contribution is -2.03. The summed E-state index contributed by atoms with van der Waals surface area (Å²) < 4.78 is 21.7. The van der Waals surface area contributed by atoms with Crippen molar-refractivity contribution in [3.05, 3.63) is 77.4 Å². The minimum atomic E-state index is -0.519. The van der Waals surface area contributed by atoms with Crippen molar-refractivity contribution in [1.29, 1.82) is 5.26 Å². The van der Waals surface area contributed by atoms with Gasteiger partial charge in [-0.1, -0.05) is 35.5 Å². The van der Waals surface area contributed by atoms with Crippen molar-refractivity contribution in [1.82, 2.24) is 14.9 Å². The van der Waals surface area contributed by atoms with Gasteiger partial charge < -0.3 is 4.52 Å². The molecule has 2 aromatic carbocycles. The number of benzene rings is 2. The maximum atomic E-state index is 14.7. The summed E-state index contributed by atoms with van der Waals surface area (Å²) in [7, 11) is 0. The van der Waals surface area contributed by atoms with E-state index in [-0.39, 0.29) is 11.3 Å². The van der Waals surface area contributed by atoms with E-state index < -0.39 is 5.82 Å². The quantitative estimate of drug-likeness (QED) is 0.526. The third-order valence-corrected chi connectivity index (χ3v) is 4.29. The van der Waals surface area contributed by atoms with E-state index >= 15 is 0 Å². The van der Waals surface area contributed by atoms with E-state index in [1.54, 1.807) is 16.8 Å². The van der Waals surface area contributed by atoms with Gasteiger partial charge in [0.25, 0.3) is 0 Å². The molecule has 0 bridgehead atoms. The SMILES string of the molecule is Cc1cc(-c2c(C)nn(-c3ccc(C#N)cc3F)c2-c2ccccc2)on1. The topological polar surface area (TPSA) is 67.6 Å². The zero-order valence-corrected chi connectivity index (χ0v) is 14.8. The van der Waals surface area contributed by atoms with Crippen LogP contribution in [0.15, 0.2) is 59.1 Å². The summed E-state index contributed by atoms with van der Waals surface area (Å²) in [4.78, 5) is 0. The molecule has 4 rings (SSSR count). The zero-order chi connectivity index (χ0) is 19.0. The molecule has 6 heteroatoms. The number of hydrogen-bond donors (Lipinski definition) is 0. The average molecular weight is 358 g/mol. The van der Waals surface area contributed by atoms with Gasteiger partial charge in [-0.25, -0.2) is 9.07 Å². The van der Waals surface area contributed by atoms with Crippen LogP contribution in [-0.4, -0.2) is 14.9 Å². The Bertz CT molecular complexity index is 1170. The normalized spacial score (nSPS) is 10.7. The molecule has 0 aliphatic rings. The Morgan fingerprint density at radius 2 is 1.85 bits per heavy atom. The van der Waals surface area contributed by atoms with Crippen LogP contribution in [0.5, 0.6) is 0 Å². The average Bonchev–Trinajstić information content (AvgIpc) is 3.25. The van der Waals surface area contributed by atoms with Gasteiger partial charge in [-0.15, -0.1) is 0 Å². The van der Waals surface area contributed by atoms with Crippen LogP contribution in [0.2, 0.25) is 0 Å². The molecular formula is C21H15FN4O. The molecule has 0 aliphatic heterocycles. The Kier molecular flexibility index (Phi) is 4.05. The highest BCUT2D eigenvalue weighted by Crippen LogP contribution is 2.37. The van der Waals surface area contributed by atoms with Gasteiger partial charge in [-0.2, -0.15) is 10.4 Å². The number of nitriles is 1. The summed E-state index contributed by atoms with van der Waals surface area (Å²) in [6, 6.07) is 17.7. The second-order valence-corrected chi connectivity index (χ2v) is 6.20. The van der Waals surface area contributed by atoms with Gasteiger partial charge in [0.15, 0.2) is 5.76 Å². The minimum Gasteiger partial charge on any atom is -0.356 e. The lowest BCUT2D eigenvalue weighted by Gasteiger charge is -2.10. The second-order valence-electron chi connectivity index (χ2n) is 6.20. The highest BCUT2D eigenvalue weighted by atomic mass is 19.1. The van der Waals surface area contributed by atoms with Crippen LogP contribution < -0.4 is 0 Å². The summed E-state index contributed by atoms with van der Waals surface area (Å²) in [5.74, 6) is 0.0539. The maximum absolute atomic E-state index is 14.7. The second kappa shape index (κ2) is 6.54. The molecule has 0 unspecified atom stereocenters. The monoisotopic (exact) mass is 358 g/mol. The lowest BCUT2D eigenvalue weighted by molar-refractivity contribution is 0.427. The summed E-state index contributed by atoms with van der Waals surface area (Å²) in [5.41, 5.74) is 4.28. The molecule has 4 aromatic rings. The first-order valence-electron chi connectivity index (χ1n) is 8.37. The number of aromatic nitrogens is 3. The Balaban J connectivity index is 2.02. The molecule has 0 atom stereocenters. The van der Waals surface area contributed by atoms with E-state index in [2.05, 4.69) is 10.3 Å². The molecule has 0 saturated heterocycles. The molecule has 0 amide bonds. The summed E-state index contributed by atoms with van der Waals surface area (Å²) in [6.45, 7) is 3.69. The highest BCUT2D eigenvalue weighted by molar-refractivity contribution is 5.82. The fraction of sp³-hybridized carbons (Fsp3) is 0.0952. The van der Waals surface area contributed by atoms with E-state index in [0.29, 0.717) is 17.1 Å². The maximum Gasteiger partial charge on any atom is 0.171 e. The van der Waals surface area contributed by atoms with Crippen LogP contribution in [0.1, 0.15) is 17.0 Å². The number of hydrogen-bond acceptors (Lipinski definition) is 4. The van der Waals surface area contributed by atoms with Crippen LogP contribution in [0, 0.1) is 31.0 Å². The molecule has 0 spiro atoms. The van der Waals surface area contributed by atoms with Gasteiger partial charge in [0.2, 0.25) is 0 Å². The minimum absolute atomic E-state index is 0.257. The molecule has 0 N–H and O–H groups in total. The lowest BCUT2D eigenvalue weighted by atomic mass is 10.0. The predicted molar refractivity (Wildman–Crippen MR) is 98.6 cm³/mol. The first kappa shape index (κ1) is 16.7. The van der Waals surface area contributed by atoms with Gasteiger partial charge in [-0.05, 0) is 32.0 Å². The highest BCUT2D eigenvalue weighted by Gasteiger charge is 2.23. The van der Waals surface area contributed by atoms with Crippen molar-refractivity contribution in [3.8, 4) is 34.3 Å². The molecular weight excluding hydrogens is 343 g/mol. The standard InChI is InChI=1S/C21H15FN4O/c1-13-10-19(27-25-13)20-14(2)24-26(21(20)16-6-4-3-5-7-16)18-9-8-15(12-23)11-17(18)22/h3-11H,1-2H3. The Hall–Kier alpha value is -3.72. The van der Waals surface area contributed by atoms with Crippen LogP contribution in [0.4, 0.5) is 4.39 Å². The molecule has 132 valence electrons. The van der Waals surface area contributed by atoms with Crippen molar-refractivity contribution in [3.63, 3.8) is 0 Å². The third kappa shape index (κ3) is 2.89.